The molecule has 5 nitrogen and oxygen atoms in total. The normalized spacial score (nSPS) is 20.0. The summed E-state index contributed by atoms with van der Waals surface area (Å²) < 4.78 is 11.3. The minimum atomic E-state index is 0.0879. The lowest BCUT2D eigenvalue weighted by molar-refractivity contribution is -0.122. The van der Waals surface area contributed by atoms with Crippen molar-refractivity contribution in [3.05, 3.63) is 0 Å². The van der Waals surface area contributed by atoms with Crippen molar-refractivity contribution in [2.45, 2.75) is 45.6 Å². The van der Waals surface area contributed by atoms with E-state index in [0.29, 0.717) is 13.0 Å². The molecule has 1 N–H and O–H groups in total. The van der Waals surface area contributed by atoms with Crippen LogP contribution >= 0.6 is 0 Å². The number of hydrogen-bond donors (Lipinski definition) is 1. The number of carbonyl (C=O) groups excluding carboxylic acids is 1. The highest BCUT2D eigenvalue weighted by Gasteiger charge is 2.20. The fourth-order valence-electron chi connectivity index (χ4n) is 2.21. The molecule has 0 spiro atoms. The Kier molecular flexibility index (Phi) is 9.62. The summed E-state index contributed by atoms with van der Waals surface area (Å²) in [6.07, 6.45) is 4.28. The molecule has 0 aromatic rings. The van der Waals surface area contributed by atoms with E-state index < -0.39 is 0 Å². The molecule has 0 radical (unpaired) electrons. The monoisotopic (exact) mass is 286 g/mol. The van der Waals surface area contributed by atoms with Crippen LogP contribution in [0.4, 0.5) is 0 Å². The first-order valence-corrected chi connectivity index (χ1v) is 7.94. The highest BCUT2D eigenvalue weighted by Crippen LogP contribution is 2.04. The number of ether oxygens (including phenoxy) is 2. The molecule has 0 saturated carbocycles. The lowest BCUT2D eigenvalue weighted by Crippen LogP contribution is -2.48. The maximum Gasteiger partial charge on any atom is 0.219 e. The quantitative estimate of drug-likeness (QED) is 0.617. The standard InChI is InChI=1S/C15H30N2O3/c1-3-5-6-9-19-10-7-17-8-11-20-14(13-17)12-16-15(18)4-2/h14H,3-13H2,1-2H3,(H,16,18). The Morgan fingerprint density at radius 1 is 1.35 bits per heavy atom. The van der Waals surface area contributed by atoms with Crippen molar-refractivity contribution >= 4 is 5.91 Å². The van der Waals surface area contributed by atoms with Crippen LogP contribution in [-0.4, -0.2) is 62.9 Å². The predicted octanol–water partition coefficient (Wildman–Crippen LogP) is 1.42. The second-order valence-corrected chi connectivity index (χ2v) is 5.27. The van der Waals surface area contributed by atoms with Crippen LogP contribution in [0.5, 0.6) is 0 Å². The Hall–Kier alpha value is -0.650. The molecule has 1 aliphatic rings. The minimum absolute atomic E-state index is 0.0879. The Bertz CT molecular complexity index is 262. The Labute approximate surface area is 123 Å². The molecule has 20 heavy (non-hydrogen) atoms. The van der Waals surface area contributed by atoms with Crippen LogP contribution < -0.4 is 5.32 Å². The third kappa shape index (κ3) is 7.82. The second-order valence-electron chi connectivity index (χ2n) is 5.27. The molecule has 1 atom stereocenters. The van der Waals surface area contributed by atoms with Crippen LogP contribution in [0.25, 0.3) is 0 Å². The number of nitrogens with zero attached hydrogens (tertiary/aromatic N) is 1. The van der Waals surface area contributed by atoms with Gasteiger partial charge in [-0.15, -0.1) is 0 Å². The lowest BCUT2D eigenvalue weighted by Gasteiger charge is -2.32. The number of hydrogen-bond acceptors (Lipinski definition) is 4. The van der Waals surface area contributed by atoms with E-state index in [1.165, 1.54) is 12.8 Å². The summed E-state index contributed by atoms with van der Waals surface area (Å²) >= 11 is 0. The van der Waals surface area contributed by atoms with Gasteiger partial charge in [-0.2, -0.15) is 0 Å². The Balaban J connectivity index is 2.06. The smallest absolute Gasteiger partial charge is 0.219 e. The molecule has 1 heterocycles. The van der Waals surface area contributed by atoms with Gasteiger partial charge < -0.3 is 14.8 Å². The molecular formula is C15H30N2O3. The molecule has 1 rings (SSSR count). The molecular weight excluding hydrogens is 256 g/mol. The average molecular weight is 286 g/mol. The van der Waals surface area contributed by atoms with Gasteiger partial charge in [0.25, 0.3) is 0 Å². The highest BCUT2D eigenvalue weighted by atomic mass is 16.5. The van der Waals surface area contributed by atoms with Crippen LogP contribution in [0, 0.1) is 0 Å². The summed E-state index contributed by atoms with van der Waals surface area (Å²) in [4.78, 5) is 13.6. The maximum absolute atomic E-state index is 11.2. The summed E-state index contributed by atoms with van der Waals surface area (Å²) in [6, 6.07) is 0. The number of unbranched alkanes of at least 4 members (excludes halogenated alkanes) is 2. The third-order valence-electron chi connectivity index (χ3n) is 3.51. The molecule has 0 aliphatic carbocycles. The number of carbonyl (C=O) groups is 1. The van der Waals surface area contributed by atoms with Crippen molar-refractivity contribution < 1.29 is 14.3 Å². The molecule has 1 amide bonds. The van der Waals surface area contributed by atoms with Crippen molar-refractivity contribution in [2.24, 2.45) is 0 Å². The first-order chi connectivity index (χ1) is 9.76. The molecule has 0 aromatic heterocycles. The summed E-state index contributed by atoms with van der Waals surface area (Å²) in [5.41, 5.74) is 0. The topological polar surface area (TPSA) is 50.8 Å². The van der Waals surface area contributed by atoms with Crippen molar-refractivity contribution in [3.63, 3.8) is 0 Å². The van der Waals surface area contributed by atoms with Crippen molar-refractivity contribution in [3.8, 4) is 0 Å². The van der Waals surface area contributed by atoms with E-state index >= 15 is 0 Å². The average Bonchev–Trinajstić information content (AvgIpc) is 2.48. The zero-order valence-corrected chi connectivity index (χ0v) is 13.0. The van der Waals surface area contributed by atoms with E-state index in [-0.39, 0.29) is 12.0 Å². The minimum Gasteiger partial charge on any atom is -0.380 e. The summed E-state index contributed by atoms with van der Waals surface area (Å²) in [5, 5.41) is 2.89. The SMILES string of the molecule is CCCCCOCCN1CCOC(CNC(=O)CC)C1. The number of nitrogens with one attached hydrogen (secondary N) is 1. The lowest BCUT2D eigenvalue weighted by atomic mass is 10.2. The van der Waals surface area contributed by atoms with Gasteiger partial charge in [-0.1, -0.05) is 26.7 Å². The van der Waals surface area contributed by atoms with Gasteiger partial charge >= 0.3 is 0 Å². The molecule has 1 saturated heterocycles. The molecule has 5 heteroatoms. The third-order valence-corrected chi connectivity index (χ3v) is 3.51. The molecule has 118 valence electrons. The maximum atomic E-state index is 11.2. The van der Waals surface area contributed by atoms with Gasteiger partial charge in [0, 0.05) is 39.2 Å². The number of morpholine rings is 1. The van der Waals surface area contributed by atoms with Gasteiger partial charge in [-0.3, -0.25) is 9.69 Å². The molecule has 0 aromatic carbocycles. The number of amides is 1. The van der Waals surface area contributed by atoms with E-state index in [1.807, 2.05) is 6.92 Å². The van der Waals surface area contributed by atoms with E-state index in [4.69, 9.17) is 9.47 Å². The zero-order chi connectivity index (χ0) is 14.6. The van der Waals surface area contributed by atoms with Crippen molar-refractivity contribution in [1.29, 1.82) is 0 Å². The van der Waals surface area contributed by atoms with Crippen LogP contribution in [0.2, 0.25) is 0 Å². The van der Waals surface area contributed by atoms with Crippen molar-refractivity contribution in [1.82, 2.24) is 10.2 Å². The summed E-state index contributed by atoms with van der Waals surface area (Å²) in [7, 11) is 0. The summed E-state index contributed by atoms with van der Waals surface area (Å²) in [6.45, 7) is 9.85. The van der Waals surface area contributed by atoms with Crippen LogP contribution in [-0.2, 0) is 14.3 Å². The second kappa shape index (κ2) is 11.1. The van der Waals surface area contributed by atoms with Gasteiger partial charge in [0.2, 0.25) is 5.91 Å². The molecule has 1 fully saturated rings. The van der Waals surface area contributed by atoms with Crippen LogP contribution in [0.1, 0.15) is 39.5 Å². The summed E-state index contributed by atoms with van der Waals surface area (Å²) in [5.74, 6) is 0.0879. The van der Waals surface area contributed by atoms with E-state index in [2.05, 4.69) is 17.1 Å². The zero-order valence-electron chi connectivity index (χ0n) is 13.0. The van der Waals surface area contributed by atoms with E-state index in [0.717, 1.165) is 45.9 Å². The van der Waals surface area contributed by atoms with Crippen LogP contribution in [0.15, 0.2) is 0 Å². The van der Waals surface area contributed by atoms with Gasteiger partial charge in [-0.25, -0.2) is 0 Å². The number of rotatable bonds is 10. The largest absolute Gasteiger partial charge is 0.380 e. The van der Waals surface area contributed by atoms with E-state index in [9.17, 15) is 4.79 Å². The Morgan fingerprint density at radius 3 is 2.95 bits per heavy atom. The van der Waals surface area contributed by atoms with Gasteiger partial charge in [-0.05, 0) is 6.42 Å². The molecule has 1 aliphatic heterocycles. The van der Waals surface area contributed by atoms with E-state index in [1.54, 1.807) is 0 Å². The first kappa shape index (κ1) is 17.4. The predicted molar refractivity (Wildman–Crippen MR) is 79.8 cm³/mol. The molecule has 1 unspecified atom stereocenters. The van der Waals surface area contributed by atoms with Gasteiger partial charge in [0.1, 0.15) is 0 Å². The molecule has 0 bridgehead atoms. The first-order valence-electron chi connectivity index (χ1n) is 7.94. The fourth-order valence-corrected chi connectivity index (χ4v) is 2.21. The Morgan fingerprint density at radius 2 is 2.20 bits per heavy atom. The van der Waals surface area contributed by atoms with Crippen LogP contribution in [0.3, 0.4) is 0 Å². The fraction of sp³-hybridized carbons (Fsp3) is 0.933. The van der Waals surface area contributed by atoms with Gasteiger partial charge in [0.15, 0.2) is 0 Å². The van der Waals surface area contributed by atoms with Crippen molar-refractivity contribution in [2.75, 3.05) is 46.0 Å². The highest BCUT2D eigenvalue weighted by molar-refractivity contribution is 5.75. The van der Waals surface area contributed by atoms with Gasteiger partial charge in [0.05, 0.1) is 19.3 Å².